The van der Waals surface area contributed by atoms with Crippen LogP contribution in [0.2, 0.25) is 4.34 Å². The molecule has 1 aromatic heterocycles. The summed E-state index contributed by atoms with van der Waals surface area (Å²) in [7, 11) is 0. The lowest BCUT2D eigenvalue weighted by molar-refractivity contribution is 0.130. The molecule has 1 aliphatic rings. The minimum atomic E-state index is 0.418. The van der Waals surface area contributed by atoms with Crippen LogP contribution in [0.5, 0.6) is 0 Å². The van der Waals surface area contributed by atoms with Crippen LogP contribution in [-0.4, -0.2) is 13.1 Å². The predicted molar refractivity (Wildman–Crippen MR) is 95.5 cm³/mol. The van der Waals surface area contributed by atoms with E-state index in [-0.39, 0.29) is 0 Å². The van der Waals surface area contributed by atoms with Gasteiger partial charge in [-0.2, -0.15) is 0 Å². The SMILES string of the molecule is CCCNCC1CCC(C(C)(C)C)CC1c1ccc(Cl)s1. The molecule has 0 aliphatic heterocycles. The zero-order valence-electron chi connectivity index (χ0n) is 13.9. The van der Waals surface area contributed by atoms with Crippen LogP contribution in [0.25, 0.3) is 0 Å². The van der Waals surface area contributed by atoms with Gasteiger partial charge in [0.1, 0.15) is 0 Å². The van der Waals surface area contributed by atoms with E-state index in [1.165, 1.54) is 30.6 Å². The third-order valence-electron chi connectivity index (χ3n) is 5.01. The average molecular weight is 328 g/mol. The van der Waals surface area contributed by atoms with E-state index in [4.69, 9.17) is 11.6 Å². The molecule has 0 spiro atoms. The molecule has 1 nitrogen and oxygen atoms in total. The number of rotatable bonds is 5. The maximum absolute atomic E-state index is 6.18. The largest absolute Gasteiger partial charge is 0.316 e. The third kappa shape index (κ3) is 4.71. The number of hydrogen-bond donors (Lipinski definition) is 1. The van der Waals surface area contributed by atoms with Crippen LogP contribution in [0, 0.1) is 17.3 Å². The lowest BCUT2D eigenvalue weighted by Crippen LogP contribution is -2.35. The second kappa shape index (κ2) is 7.48. The van der Waals surface area contributed by atoms with E-state index in [1.807, 2.05) is 0 Å². The monoisotopic (exact) mass is 327 g/mol. The van der Waals surface area contributed by atoms with E-state index < -0.39 is 0 Å². The second-order valence-corrected chi connectivity index (χ2v) is 9.34. The Balaban J connectivity index is 2.10. The van der Waals surface area contributed by atoms with E-state index in [2.05, 4.69) is 45.1 Å². The highest BCUT2D eigenvalue weighted by atomic mass is 35.5. The summed E-state index contributed by atoms with van der Waals surface area (Å²) in [6.07, 6.45) is 5.25. The smallest absolute Gasteiger partial charge is 0.0931 e. The molecule has 0 aromatic carbocycles. The fourth-order valence-corrected chi connectivity index (χ4v) is 4.87. The topological polar surface area (TPSA) is 12.0 Å². The standard InChI is InChI=1S/C18H30ClNS/c1-5-10-20-12-13-6-7-14(18(2,3)4)11-15(13)16-8-9-17(19)21-16/h8-9,13-15,20H,5-7,10-12H2,1-4H3. The van der Waals surface area contributed by atoms with E-state index in [0.29, 0.717) is 11.3 Å². The molecule has 0 amide bonds. The van der Waals surface area contributed by atoms with Crippen LogP contribution in [0.15, 0.2) is 12.1 Å². The van der Waals surface area contributed by atoms with Crippen molar-refractivity contribution in [3.8, 4) is 0 Å². The molecule has 3 unspecified atom stereocenters. The van der Waals surface area contributed by atoms with Crippen LogP contribution in [0.4, 0.5) is 0 Å². The summed E-state index contributed by atoms with van der Waals surface area (Å²) in [6.45, 7) is 11.7. The molecule has 0 bridgehead atoms. The van der Waals surface area contributed by atoms with Crippen LogP contribution >= 0.6 is 22.9 Å². The molecule has 0 saturated heterocycles. The second-order valence-electron chi connectivity index (χ2n) is 7.59. The summed E-state index contributed by atoms with van der Waals surface area (Å²) in [6, 6.07) is 4.33. The van der Waals surface area contributed by atoms with Crippen molar-refractivity contribution in [2.24, 2.45) is 17.3 Å². The molecule has 1 heterocycles. The first kappa shape index (κ1) is 17.3. The van der Waals surface area contributed by atoms with Crippen molar-refractivity contribution in [3.05, 3.63) is 21.3 Å². The van der Waals surface area contributed by atoms with E-state index >= 15 is 0 Å². The van der Waals surface area contributed by atoms with E-state index in [1.54, 1.807) is 11.3 Å². The Bertz CT molecular complexity index is 435. The van der Waals surface area contributed by atoms with Gasteiger partial charge in [0, 0.05) is 4.88 Å². The van der Waals surface area contributed by atoms with Gasteiger partial charge in [-0.15, -0.1) is 11.3 Å². The Morgan fingerprint density at radius 1 is 1.29 bits per heavy atom. The first-order valence-corrected chi connectivity index (χ1v) is 9.57. The maximum atomic E-state index is 6.18. The minimum absolute atomic E-state index is 0.418. The molecule has 1 saturated carbocycles. The summed E-state index contributed by atoms with van der Waals surface area (Å²) in [5.74, 6) is 2.28. The molecule has 0 radical (unpaired) electrons. The molecule has 2 rings (SSSR count). The van der Waals surface area contributed by atoms with Gasteiger partial charge in [-0.25, -0.2) is 0 Å². The molecule has 120 valence electrons. The Morgan fingerprint density at radius 2 is 2.05 bits per heavy atom. The Hall–Kier alpha value is -0.0500. The zero-order chi connectivity index (χ0) is 15.5. The van der Waals surface area contributed by atoms with Crippen molar-refractivity contribution in [1.29, 1.82) is 0 Å². The van der Waals surface area contributed by atoms with Crippen LogP contribution in [-0.2, 0) is 0 Å². The summed E-state index contributed by atoms with van der Waals surface area (Å²) in [5.41, 5.74) is 0.418. The van der Waals surface area contributed by atoms with Crippen LogP contribution < -0.4 is 5.32 Å². The first-order valence-electron chi connectivity index (χ1n) is 8.37. The molecule has 3 atom stereocenters. The van der Waals surface area contributed by atoms with Gasteiger partial charge >= 0.3 is 0 Å². The molecular formula is C18H30ClNS. The Morgan fingerprint density at radius 3 is 2.62 bits per heavy atom. The zero-order valence-corrected chi connectivity index (χ0v) is 15.5. The summed E-state index contributed by atoms with van der Waals surface area (Å²) in [5, 5.41) is 3.64. The highest BCUT2D eigenvalue weighted by Gasteiger charge is 2.36. The number of thiophene rings is 1. The molecule has 1 N–H and O–H groups in total. The van der Waals surface area contributed by atoms with E-state index in [9.17, 15) is 0 Å². The minimum Gasteiger partial charge on any atom is -0.316 e. The van der Waals surface area contributed by atoms with Crippen molar-refractivity contribution < 1.29 is 0 Å². The summed E-state index contributed by atoms with van der Waals surface area (Å²) in [4.78, 5) is 1.50. The predicted octanol–water partition coefficient (Wildman–Crippen LogP) is 5.95. The summed E-state index contributed by atoms with van der Waals surface area (Å²) >= 11 is 7.97. The molecule has 1 aliphatic carbocycles. The van der Waals surface area contributed by atoms with Gasteiger partial charge in [0.05, 0.1) is 4.34 Å². The molecule has 1 fully saturated rings. The van der Waals surface area contributed by atoms with Crippen molar-refractivity contribution in [2.75, 3.05) is 13.1 Å². The Labute approximate surface area is 139 Å². The van der Waals surface area contributed by atoms with Crippen molar-refractivity contribution in [1.82, 2.24) is 5.32 Å². The van der Waals surface area contributed by atoms with Crippen LogP contribution in [0.3, 0.4) is 0 Å². The van der Waals surface area contributed by atoms with E-state index in [0.717, 1.165) is 29.3 Å². The van der Waals surface area contributed by atoms with Crippen molar-refractivity contribution in [3.63, 3.8) is 0 Å². The molecular weight excluding hydrogens is 298 g/mol. The number of hydrogen-bond acceptors (Lipinski definition) is 2. The molecule has 1 aromatic rings. The fraction of sp³-hybridized carbons (Fsp3) is 0.778. The fourth-order valence-electron chi connectivity index (χ4n) is 3.60. The number of halogens is 1. The highest BCUT2D eigenvalue weighted by Crippen LogP contribution is 2.48. The molecule has 3 heteroatoms. The van der Waals surface area contributed by atoms with Crippen LogP contribution in [0.1, 0.15) is 64.2 Å². The normalized spacial score (nSPS) is 27.0. The molecule has 21 heavy (non-hydrogen) atoms. The lowest BCUT2D eigenvalue weighted by atomic mass is 9.65. The highest BCUT2D eigenvalue weighted by molar-refractivity contribution is 7.16. The average Bonchev–Trinajstić information content (AvgIpc) is 2.84. The van der Waals surface area contributed by atoms with Gasteiger partial charge in [-0.3, -0.25) is 0 Å². The van der Waals surface area contributed by atoms with Crippen molar-refractivity contribution >= 4 is 22.9 Å². The van der Waals surface area contributed by atoms with Gasteiger partial charge in [-0.05, 0) is 74.1 Å². The van der Waals surface area contributed by atoms with Gasteiger partial charge in [0.25, 0.3) is 0 Å². The first-order chi connectivity index (χ1) is 9.91. The number of nitrogens with one attached hydrogen (secondary N) is 1. The van der Waals surface area contributed by atoms with Gasteiger partial charge in [-0.1, -0.05) is 39.3 Å². The van der Waals surface area contributed by atoms with Gasteiger partial charge in [0.15, 0.2) is 0 Å². The van der Waals surface area contributed by atoms with Gasteiger partial charge in [0.2, 0.25) is 0 Å². The Kier molecular flexibility index (Phi) is 6.16. The summed E-state index contributed by atoms with van der Waals surface area (Å²) < 4.78 is 0.933. The quantitative estimate of drug-likeness (QED) is 0.659. The third-order valence-corrected chi connectivity index (χ3v) is 6.37. The van der Waals surface area contributed by atoms with Crippen molar-refractivity contribution in [2.45, 2.75) is 59.3 Å². The maximum Gasteiger partial charge on any atom is 0.0931 e. The van der Waals surface area contributed by atoms with Gasteiger partial charge < -0.3 is 5.32 Å². The lowest BCUT2D eigenvalue weighted by Gasteiger charge is -2.41.